The van der Waals surface area contributed by atoms with Crippen molar-refractivity contribution in [1.82, 2.24) is 10.3 Å². The smallest absolute Gasteiger partial charge is 0.0673 e. The van der Waals surface area contributed by atoms with E-state index in [0.29, 0.717) is 0 Å². The Morgan fingerprint density at radius 1 is 1.00 bits per heavy atom. The van der Waals surface area contributed by atoms with Gasteiger partial charge in [-0.05, 0) is 28.6 Å². The number of nitrogens with zero attached hydrogens (tertiary/aromatic N) is 1. The summed E-state index contributed by atoms with van der Waals surface area (Å²) in [6, 6.07) is 19.1. The third-order valence-corrected chi connectivity index (χ3v) is 4.13. The molecule has 0 aliphatic rings. The normalized spacial score (nSPS) is 12.2. The maximum atomic E-state index is 4.16. The predicted molar refractivity (Wildman–Crippen MR) is 83.7 cm³/mol. The first-order valence-electron chi connectivity index (χ1n) is 6.64. The quantitative estimate of drug-likeness (QED) is 0.763. The van der Waals surface area contributed by atoms with E-state index in [-0.39, 0.29) is 6.04 Å². The van der Waals surface area contributed by atoms with Gasteiger partial charge in [-0.2, -0.15) is 0 Å². The number of hydrogen-bond donors (Lipinski definition) is 1. The van der Waals surface area contributed by atoms with Crippen LogP contribution in [0.4, 0.5) is 0 Å². The number of hydrogen-bond acceptors (Lipinski definition) is 3. The number of rotatable bonds is 5. The van der Waals surface area contributed by atoms with E-state index in [9.17, 15) is 0 Å². The van der Waals surface area contributed by atoms with Gasteiger partial charge in [0.1, 0.15) is 0 Å². The Labute approximate surface area is 123 Å². The first-order valence-corrected chi connectivity index (χ1v) is 7.52. The van der Waals surface area contributed by atoms with Gasteiger partial charge < -0.3 is 5.32 Å². The average molecular weight is 280 g/mol. The maximum absolute atomic E-state index is 4.16. The Morgan fingerprint density at radius 2 is 1.90 bits per heavy atom. The average Bonchev–Trinajstić information content (AvgIpc) is 3.04. The molecule has 0 saturated heterocycles. The van der Waals surface area contributed by atoms with E-state index in [1.54, 1.807) is 17.5 Å². The van der Waals surface area contributed by atoms with Crippen LogP contribution in [0.3, 0.4) is 0 Å². The highest BCUT2D eigenvalue weighted by Gasteiger charge is 2.14. The van der Waals surface area contributed by atoms with Crippen molar-refractivity contribution in [3.05, 3.63) is 88.4 Å². The largest absolute Gasteiger partial charge is 0.301 e. The second-order valence-electron chi connectivity index (χ2n) is 4.60. The van der Waals surface area contributed by atoms with Gasteiger partial charge in [0.25, 0.3) is 0 Å². The minimum absolute atomic E-state index is 0.233. The van der Waals surface area contributed by atoms with Crippen LogP contribution >= 0.6 is 11.3 Å². The Kier molecular flexibility index (Phi) is 4.21. The number of nitrogens with one attached hydrogen (secondary N) is 1. The van der Waals surface area contributed by atoms with E-state index in [0.717, 1.165) is 6.54 Å². The summed E-state index contributed by atoms with van der Waals surface area (Å²) in [4.78, 5) is 5.49. The fraction of sp³-hybridized carbons (Fsp3) is 0.118. The van der Waals surface area contributed by atoms with Crippen LogP contribution in [0.2, 0.25) is 0 Å². The standard InChI is InChI=1S/C17H16N2S/c1-2-7-15(8-3-1)17(16-9-5-11-20-16)19-13-14-6-4-10-18-12-14/h1-12,17,19H,13H2. The molecule has 0 aliphatic carbocycles. The Morgan fingerprint density at radius 3 is 2.60 bits per heavy atom. The number of benzene rings is 1. The highest BCUT2D eigenvalue weighted by atomic mass is 32.1. The van der Waals surface area contributed by atoms with E-state index in [1.807, 2.05) is 12.3 Å². The molecule has 0 radical (unpaired) electrons. The van der Waals surface area contributed by atoms with Crippen molar-refractivity contribution >= 4 is 11.3 Å². The first kappa shape index (κ1) is 13.0. The van der Waals surface area contributed by atoms with Gasteiger partial charge in [0.15, 0.2) is 0 Å². The van der Waals surface area contributed by atoms with Gasteiger partial charge in [0.05, 0.1) is 6.04 Å². The summed E-state index contributed by atoms with van der Waals surface area (Å²) in [6.07, 6.45) is 3.71. The monoisotopic (exact) mass is 280 g/mol. The molecule has 0 spiro atoms. The fourth-order valence-electron chi connectivity index (χ4n) is 2.21. The van der Waals surface area contributed by atoms with Crippen molar-refractivity contribution in [3.63, 3.8) is 0 Å². The number of thiophene rings is 1. The molecule has 1 aromatic carbocycles. The molecule has 100 valence electrons. The van der Waals surface area contributed by atoms with Crippen LogP contribution in [-0.4, -0.2) is 4.98 Å². The first-order chi connectivity index (χ1) is 9.93. The Balaban J connectivity index is 1.80. The van der Waals surface area contributed by atoms with Crippen LogP contribution in [0.5, 0.6) is 0 Å². The van der Waals surface area contributed by atoms with Gasteiger partial charge in [0, 0.05) is 23.8 Å². The molecule has 0 aliphatic heterocycles. The predicted octanol–water partition coefficient (Wildman–Crippen LogP) is 4.02. The Bertz CT molecular complexity index is 621. The van der Waals surface area contributed by atoms with E-state index in [2.05, 4.69) is 64.2 Å². The van der Waals surface area contributed by atoms with Crippen LogP contribution in [0.25, 0.3) is 0 Å². The van der Waals surface area contributed by atoms with Gasteiger partial charge in [-0.25, -0.2) is 0 Å². The molecule has 3 rings (SSSR count). The SMILES string of the molecule is c1ccc(C(NCc2cccnc2)c2cccs2)cc1. The van der Waals surface area contributed by atoms with Crippen LogP contribution < -0.4 is 5.32 Å². The number of pyridine rings is 1. The summed E-state index contributed by atoms with van der Waals surface area (Å²) < 4.78 is 0. The minimum atomic E-state index is 0.233. The molecule has 2 heterocycles. The van der Waals surface area contributed by atoms with Crippen LogP contribution in [0, 0.1) is 0 Å². The molecule has 20 heavy (non-hydrogen) atoms. The van der Waals surface area contributed by atoms with Crippen molar-refractivity contribution in [2.45, 2.75) is 12.6 Å². The summed E-state index contributed by atoms with van der Waals surface area (Å²) in [6.45, 7) is 0.811. The molecular formula is C17H16N2S. The lowest BCUT2D eigenvalue weighted by molar-refractivity contribution is 0.612. The zero-order valence-corrected chi connectivity index (χ0v) is 11.9. The Hall–Kier alpha value is -1.97. The highest BCUT2D eigenvalue weighted by molar-refractivity contribution is 7.10. The summed E-state index contributed by atoms with van der Waals surface area (Å²) in [5, 5.41) is 5.75. The summed E-state index contributed by atoms with van der Waals surface area (Å²) in [5.41, 5.74) is 2.49. The molecule has 1 unspecified atom stereocenters. The third-order valence-electron chi connectivity index (χ3n) is 3.19. The molecule has 0 fully saturated rings. The lowest BCUT2D eigenvalue weighted by Crippen LogP contribution is -2.21. The van der Waals surface area contributed by atoms with Crippen molar-refractivity contribution in [2.75, 3.05) is 0 Å². The molecule has 1 N–H and O–H groups in total. The van der Waals surface area contributed by atoms with Gasteiger partial charge >= 0.3 is 0 Å². The van der Waals surface area contributed by atoms with Crippen LogP contribution in [0.1, 0.15) is 22.0 Å². The molecule has 0 bridgehead atoms. The van der Waals surface area contributed by atoms with E-state index in [1.165, 1.54) is 16.0 Å². The molecule has 3 aromatic rings. The summed E-state index contributed by atoms with van der Waals surface area (Å²) in [5.74, 6) is 0. The molecule has 0 amide bonds. The molecule has 3 heteroatoms. The lowest BCUT2D eigenvalue weighted by atomic mass is 10.1. The topological polar surface area (TPSA) is 24.9 Å². The van der Waals surface area contributed by atoms with Crippen molar-refractivity contribution in [3.8, 4) is 0 Å². The van der Waals surface area contributed by atoms with Crippen molar-refractivity contribution in [2.24, 2.45) is 0 Å². The van der Waals surface area contributed by atoms with Crippen molar-refractivity contribution < 1.29 is 0 Å². The number of aromatic nitrogens is 1. The molecule has 2 nitrogen and oxygen atoms in total. The third kappa shape index (κ3) is 3.13. The van der Waals surface area contributed by atoms with Gasteiger partial charge in [0.2, 0.25) is 0 Å². The van der Waals surface area contributed by atoms with Crippen LogP contribution in [-0.2, 0) is 6.54 Å². The lowest BCUT2D eigenvalue weighted by Gasteiger charge is -2.18. The molecule has 2 aromatic heterocycles. The summed E-state index contributed by atoms with van der Waals surface area (Å²) >= 11 is 1.78. The van der Waals surface area contributed by atoms with E-state index < -0.39 is 0 Å². The zero-order valence-electron chi connectivity index (χ0n) is 11.1. The zero-order chi connectivity index (χ0) is 13.6. The van der Waals surface area contributed by atoms with Crippen molar-refractivity contribution in [1.29, 1.82) is 0 Å². The molecule has 1 atom stereocenters. The highest BCUT2D eigenvalue weighted by Crippen LogP contribution is 2.26. The van der Waals surface area contributed by atoms with Gasteiger partial charge in [-0.15, -0.1) is 11.3 Å². The molecule has 0 saturated carbocycles. The van der Waals surface area contributed by atoms with Crippen LogP contribution in [0.15, 0.2) is 72.4 Å². The second-order valence-corrected chi connectivity index (χ2v) is 5.58. The summed E-state index contributed by atoms with van der Waals surface area (Å²) in [7, 11) is 0. The van der Waals surface area contributed by atoms with E-state index >= 15 is 0 Å². The second kappa shape index (κ2) is 6.46. The van der Waals surface area contributed by atoms with E-state index in [4.69, 9.17) is 0 Å². The van der Waals surface area contributed by atoms with Gasteiger partial charge in [-0.1, -0.05) is 42.5 Å². The molecular weight excluding hydrogens is 264 g/mol. The van der Waals surface area contributed by atoms with Gasteiger partial charge in [-0.3, -0.25) is 4.98 Å². The minimum Gasteiger partial charge on any atom is -0.301 e. The fourth-order valence-corrected chi connectivity index (χ4v) is 3.03. The maximum Gasteiger partial charge on any atom is 0.0673 e.